The first-order valence-corrected chi connectivity index (χ1v) is 20.7. The minimum atomic E-state index is -0.415. The van der Waals surface area contributed by atoms with Crippen molar-refractivity contribution in [1.29, 1.82) is 0 Å². The van der Waals surface area contributed by atoms with E-state index in [9.17, 15) is 14.4 Å². The van der Waals surface area contributed by atoms with Crippen LogP contribution in [-0.2, 0) is 14.4 Å². The number of carbonyl (C=O) groups is 3. The molecule has 2 N–H and O–H groups in total. The first-order chi connectivity index (χ1) is 13.7. The molecule has 0 spiro atoms. The third-order valence-electron chi connectivity index (χ3n) is 5.21. The zero-order valence-electron chi connectivity index (χ0n) is 20.1. The van der Waals surface area contributed by atoms with Crippen molar-refractivity contribution in [3.63, 3.8) is 0 Å². The summed E-state index contributed by atoms with van der Waals surface area (Å²) in [6.45, 7) is 14.6. The van der Waals surface area contributed by atoms with Crippen LogP contribution in [0.1, 0.15) is 54.4 Å². The van der Waals surface area contributed by atoms with E-state index in [0.717, 1.165) is 12.8 Å². The zero-order chi connectivity index (χ0) is 23.6. The van der Waals surface area contributed by atoms with Crippen molar-refractivity contribution in [2.24, 2.45) is 0 Å². The summed E-state index contributed by atoms with van der Waals surface area (Å²) in [5.74, 6) is 0.443. The van der Waals surface area contributed by atoms with Crippen molar-refractivity contribution in [3.8, 4) is 0 Å². The summed E-state index contributed by atoms with van der Waals surface area (Å²) in [5, 5.41) is 6.07. The number of nitrogens with one attached hydrogen (secondary N) is 2. The van der Waals surface area contributed by atoms with Crippen LogP contribution in [0.4, 0.5) is 0 Å². The molecule has 0 radical (unpaired) electrons. The van der Waals surface area contributed by atoms with Gasteiger partial charge in [-0.3, -0.25) is 0 Å². The van der Waals surface area contributed by atoms with E-state index in [1.54, 1.807) is 0 Å². The van der Waals surface area contributed by atoms with Crippen LogP contribution < -0.4 is 10.6 Å². The van der Waals surface area contributed by atoms with E-state index in [2.05, 4.69) is 25.5 Å². The van der Waals surface area contributed by atoms with Crippen molar-refractivity contribution in [1.82, 2.24) is 15.5 Å². The van der Waals surface area contributed by atoms with Crippen molar-refractivity contribution in [2.45, 2.75) is 79.7 Å². The monoisotopic (exact) mass is 773 g/mol. The molecule has 0 aliphatic carbocycles. The Bertz CT molecular complexity index is 545. The van der Waals surface area contributed by atoms with Gasteiger partial charge in [0.15, 0.2) is 0 Å². The van der Waals surface area contributed by atoms with Crippen LogP contribution in [0.5, 0.6) is 0 Å². The number of amides is 3. The van der Waals surface area contributed by atoms with Gasteiger partial charge in [-0.15, -0.1) is 0 Å². The molecule has 0 heterocycles. The molecule has 9 heteroatoms. The second kappa shape index (κ2) is 14.1. The average molecular weight is 766 g/mol. The fourth-order valence-corrected chi connectivity index (χ4v) is 4.67. The van der Waals surface area contributed by atoms with Gasteiger partial charge in [-0.05, 0) is 0 Å². The fourth-order valence-electron chi connectivity index (χ4n) is 2.34. The summed E-state index contributed by atoms with van der Waals surface area (Å²) >= 11 is -1.11. The van der Waals surface area contributed by atoms with E-state index >= 15 is 0 Å². The van der Waals surface area contributed by atoms with Crippen molar-refractivity contribution < 1.29 is 14.4 Å². The third-order valence-corrected chi connectivity index (χ3v) is 15.5. The quantitative estimate of drug-likeness (QED) is 0.211. The number of hydrogen-bond acceptors (Lipinski definition) is 3. The molecule has 30 heavy (non-hydrogen) atoms. The Labute approximate surface area is 214 Å². The van der Waals surface area contributed by atoms with Gasteiger partial charge in [0.1, 0.15) is 0 Å². The first-order valence-electron chi connectivity index (χ1n) is 10.3. The Morgan fingerprint density at radius 2 is 1.00 bits per heavy atom. The normalized spacial score (nSPS) is 12.4. The van der Waals surface area contributed by atoms with E-state index in [0.29, 0.717) is 26.2 Å². The first kappa shape index (κ1) is 30.8. The van der Waals surface area contributed by atoms with E-state index in [-0.39, 0.29) is 70.0 Å². The molecule has 176 valence electrons. The van der Waals surface area contributed by atoms with E-state index in [1.807, 2.05) is 46.4 Å². The molecule has 0 atom stereocenters. The van der Waals surface area contributed by atoms with Gasteiger partial charge >= 0.3 is 216 Å². The van der Waals surface area contributed by atoms with Gasteiger partial charge in [-0.25, -0.2) is 0 Å². The molecule has 0 aromatic heterocycles. The zero-order valence-corrected chi connectivity index (χ0v) is 27.1. The molecule has 0 saturated carbocycles. The standard InChI is InChI=1S/C21H41N3O3Te3/c1-19(2,28-7)16(25)22-12-10-14-24(18(27)21(5,6)30-9)15-11-13-23-17(26)20(3,4)29-8/h10-15H2,1-9H3,(H,22,25)(H,23,26). The topological polar surface area (TPSA) is 78.5 Å². The number of nitrogens with zero attached hydrogens (tertiary/aromatic N) is 1. The Morgan fingerprint density at radius 1 is 0.667 bits per heavy atom. The summed E-state index contributed by atoms with van der Waals surface area (Å²) in [6, 6.07) is 0. The minimum absolute atomic E-state index is 0.121. The van der Waals surface area contributed by atoms with Crippen molar-refractivity contribution in [2.75, 3.05) is 26.2 Å². The van der Waals surface area contributed by atoms with Crippen LogP contribution in [0.15, 0.2) is 0 Å². The number of rotatable bonds is 14. The van der Waals surface area contributed by atoms with Gasteiger partial charge in [0.25, 0.3) is 0 Å². The predicted octanol–water partition coefficient (Wildman–Crippen LogP) is 2.68. The summed E-state index contributed by atoms with van der Waals surface area (Å²) in [6.07, 6.45) is 1.50. The van der Waals surface area contributed by atoms with Crippen LogP contribution in [0.25, 0.3) is 0 Å². The van der Waals surface area contributed by atoms with E-state index < -0.39 is 20.9 Å². The van der Waals surface area contributed by atoms with Gasteiger partial charge in [0.05, 0.1) is 0 Å². The molecule has 3 amide bonds. The van der Waals surface area contributed by atoms with Crippen molar-refractivity contribution >= 4 is 80.5 Å². The maximum absolute atomic E-state index is 13.1. The van der Waals surface area contributed by atoms with Gasteiger partial charge < -0.3 is 0 Å². The van der Waals surface area contributed by atoms with Crippen molar-refractivity contribution in [3.05, 3.63) is 0 Å². The third kappa shape index (κ3) is 10.6. The second-order valence-electron chi connectivity index (χ2n) is 8.65. The fraction of sp³-hybridized carbons (Fsp3) is 0.857. The van der Waals surface area contributed by atoms with Gasteiger partial charge in [-0.2, -0.15) is 0 Å². The molecule has 0 fully saturated rings. The summed E-state index contributed by atoms with van der Waals surface area (Å²) < 4.78 is -0.741. The number of hydrogen-bond donors (Lipinski definition) is 2. The number of carbonyl (C=O) groups excluding carboxylic acids is 3. The molecular weight excluding hydrogens is 725 g/mol. The molecule has 0 aromatic carbocycles. The SMILES string of the molecule is C[Te]C(C)(C)C(=O)NCCCN(CCCNC(=O)C(C)(C)[Te]C)C(=O)C(C)(C)[Te]C. The molecule has 0 aromatic rings. The van der Waals surface area contributed by atoms with Gasteiger partial charge in [0, 0.05) is 0 Å². The average Bonchev–Trinajstić information content (AvgIpc) is 2.71. The predicted molar refractivity (Wildman–Crippen MR) is 129 cm³/mol. The molecule has 0 aliphatic rings. The molecular formula is C21H41N3O3Te3. The Kier molecular flexibility index (Phi) is 14.5. The van der Waals surface area contributed by atoms with Gasteiger partial charge in [-0.1, -0.05) is 0 Å². The van der Waals surface area contributed by atoms with Gasteiger partial charge in [0.2, 0.25) is 0 Å². The molecule has 0 rings (SSSR count). The van der Waals surface area contributed by atoms with E-state index in [1.165, 1.54) is 0 Å². The molecule has 0 bridgehead atoms. The Balaban J connectivity index is 4.73. The van der Waals surface area contributed by atoms with Crippen LogP contribution in [0, 0.1) is 0 Å². The molecule has 0 aliphatic heterocycles. The van der Waals surface area contributed by atoms with E-state index in [4.69, 9.17) is 0 Å². The second-order valence-corrected chi connectivity index (χ2v) is 20.9. The van der Waals surface area contributed by atoms with Crippen LogP contribution in [-0.4, -0.2) is 112 Å². The Morgan fingerprint density at radius 3 is 1.30 bits per heavy atom. The Hall–Kier alpha value is 0.779. The maximum atomic E-state index is 13.1. The summed E-state index contributed by atoms with van der Waals surface area (Å²) in [4.78, 5) is 46.0. The summed E-state index contributed by atoms with van der Waals surface area (Å²) in [5.41, 5.74) is 0. The summed E-state index contributed by atoms with van der Waals surface area (Å²) in [7, 11) is 0. The van der Waals surface area contributed by atoms with Crippen LogP contribution in [0.2, 0.25) is 25.3 Å². The van der Waals surface area contributed by atoms with Crippen LogP contribution in [0.3, 0.4) is 0 Å². The molecule has 6 nitrogen and oxygen atoms in total. The molecule has 0 unspecified atom stereocenters. The van der Waals surface area contributed by atoms with Crippen LogP contribution >= 0.6 is 0 Å². The molecule has 0 saturated heterocycles.